The van der Waals surface area contributed by atoms with Gasteiger partial charge in [0.1, 0.15) is 12.4 Å². The summed E-state index contributed by atoms with van der Waals surface area (Å²) in [5, 5.41) is 3.31. The van der Waals surface area contributed by atoms with Gasteiger partial charge in [0.2, 0.25) is 0 Å². The highest BCUT2D eigenvalue weighted by Gasteiger charge is 2.15. The molecule has 3 aromatic carbocycles. The van der Waals surface area contributed by atoms with Gasteiger partial charge in [-0.2, -0.15) is 0 Å². The molecule has 1 heterocycles. The first-order chi connectivity index (χ1) is 14.0. The standard InChI is InChI=1S/C22H17ClN2O3S/c1-25-18-9-8-16(12-20(18)29-22(25)27)24-21(26)17-11-15(23)7-10-19(17)28-13-14-5-3-2-4-6-14/h2-12H,13H2,1H3,(H,24,26). The molecule has 0 atom stereocenters. The first-order valence-electron chi connectivity index (χ1n) is 8.88. The van der Waals surface area contributed by atoms with E-state index < -0.39 is 0 Å². The number of benzene rings is 3. The maximum atomic E-state index is 12.9. The molecule has 0 aliphatic carbocycles. The molecule has 0 bridgehead atoms. The molecular weight excluding hydrogens is 408 g/mol. The van der Waals surface area contributed by atoms with Crippen molar-refractivity contribution in [3.05, 3.63) is 92.5 Å². The van der Waals surface area contributed by atoms with Crippen LogP contribution in [0.4, 0.5) is 5.69 Å². The van der Waals surface area contributed by atoms with Crippen LogP contribution in [0, 0.1) is 0 Å². The zero-order chi connectivity index (χ0) is 20.4. The Balaban J connectivity index is 1.57. The minimum Gasteiger partial charge on any atom is -0.488 e. The summed E-state index contributed by atoms with van der Waals surface area (Å²) in [5.41, 5.74) is 2.76. The zero-order valence-corrected chi connectivity index (χ0v) is 17.1. The lowest BCUT2D eigenvalue weighted by Gasteiger charge is -2.12. The molecule has 0 aliphatic heterocycles. The molecule has 7 heteroatoms. The van der Waals surface area contributed by atoms with Gasteiger partial charge in [-0.05, 0) is 42.0 Å². The lowest BCUT2D eigenvalue weighted by molar-refractivity contribution is 0.102. The molecule has 0 saturated heterocycles. The van der Waals surface area contributed by atoms with Crippen LogP contribution < -0.4 is 14.9 Å². The van der Waals surface area contributed by atoms with Gasteiger partial charge >= 0.3 is 4.87 Å². The summed E-state index contributed by atoms with van der Waals surface area (Å²) in [6, 6.07) is 20.0. The third-order valence-electron chi connectivity index (χ3n) is 4.47. The van der Waals surface area contributed by atoms with E-state index in [2.05, 4.69) is 5.32 Å². The first-order valence-corrected chi connectivity index (χ1v) is 10.1. The van der Waals surface area contributed by atoms with Crippen LogP contribution in [0.1, 0.15) is 15.9 Å². The molecule has 0 radical (unpaired) electrons. The van der Waals surface area contributed by atoms with Crippen LogP contribution in [0.15, 0.2) is 71.5 Å². The van der Waals surface area contributed by atoms with Crippen LogP contribution in [-0.4, -0.2) is 10.5 Å². The van der Waals surface area contributed by atoms with Crippen molar-refractivity contribution in [3.8, 4) is 5.75 Å². The van der Waals surface area contributed by atoms with E-state index in [9.17, 15) is 9.59 Å². The highest BCUT2D eigenvalue weighted by Crippen LogP contribution is 2.26. The number of aromatic nitrogens is 1. The summed E-state index contributed by atoms with van der Waals surface area (Å²) in [6.45, 7) is 0.340. The van der Waals surface area contributed by atoms with Crippen LogP contribution in [0.5, 0.6) is 5.75 Å². The molecule has 4 rings (SSSR count). The number of amides is 1. The van der Waals surface area contributed by atoms with Gasteiger partial charge in [0, 0.05) is 17.8 Å². The molecule has 29 heavy (non-hydrogen) atoms. The predicted molar refractivity (Wildman–Crippen MR) is 117 cm³/mol. The molecule has 0 fully saturated rings. The smallest absolute Gasteiger partial charge is 0.307 e. The minimum atomic E-state index is -0.335. The maximum Gasteiger partial charge on any atom is 0.307 e. The topological polar surface area (TPSA) is 60.3 Å². The van der Waals surface area contributed by atoms with Crippen LogP contribution >= 0.6 is 22.9 Å². The van der Waals surface area contributed by atoms with E-state index in [0.717, 1.165) is 27.1 Å². The van der Waals surface area contributed by atoms with Gasteiger partial charge in [-0.15, -0.1) is 0 Å². The Labute approximate surface area is 176 Å². The van der Waals surface area contributed by atoms with Crippen LogP contribution in [-0.2, 0) is 13.7 Å². The molecule has 1 aromatic heterocycles. The number of fused-ring (bicyclic) bond motifs is 1. The Kier molecular flexibility index (Phi) is 5.38. The summed E-state index contributed by atoms with van der Waals surface area (Å²) in [4.78, 5) is 24.7. The van der Waals surface area contributed by atoms with Gasteiger partial charge in [0.25, 0.3) is 5.91 Å². The molecule has 1 amide bonds. The van der Waals surface area contributed by atoms with E-state index in [1.54, 1.807) is 41.9 Å². The van der Waals surface area contributed by atoms with E-state index in [1.807, 2.05) is 36.4 Å². The number of aryl methyl sites for hydroxylation is 1. The summed E-state index contributed by atoms with van der Waals surface area (Å²) in [5.74, 6) is 0.111. The number of halogens is 1. The monoisotopic (exact) mass is 424 g/mol. The largest absolute Gasteiger partial charge is 0.488 e. The fourth-order valence-corrected chi connectivity index (χ4v) is 4.04. The molecule has 1 N–H and O–H groups in total. The van der Waals surface area contributed by atoms with Crippen LogP contribution in [0.2, 0.25) is 5.02 Å². The van der Waals surface area contributed by atoms with E-state index in [1.165, 1.54) is 0 Å². The van der Waals surface area contributed by atoms with Crippen LogP contribution in [0.25, 0.3) is 10.2 Å². The van der Waals surface area contributed by atoms with Crippen molar-refractivity contribution in [1.29, 1.82) is 0 Å². The second-order valence-electron chi connectivity index (χ2n) is 6.48. The van der Waals surface area contributed by atoms with Crippen molar-refractivity contribution >= 4 is 44.7 Å². The number of hydrogen-bond donors (Lipinski definition) is 1. The Morgan fingerprint density at radius 3 is 2.69 bits per heavy atom. The molecule has 0 aliphatic rings. The van der Waals surface area contributed by atoms with Crippen molar-refractivity contribution in [2.24, 2.45) is 7.05 Å². The lowest BCUT2D eigenvalue weighted by Crippen LogP contribution is -2.14. The van der Waals surface area contributed by atoms with Crippen molar-refractivity contribution in [2.75, 3.05) is 5.32 Å². The quantitative estimate of drug-likeness (QED) is 0.485. The number of hydrogen-bond acceptors (Lipinski definition) is 4. The summed E-state index contributed by atoms with van der Waals surface area (Å²) >= 11 is 7.25. The van der Waals surface area contributed by atoms with Crippen molar-refractivity contribution in [1.82, 2.24) is 4.57 Å². The van der Waals surface area contributed by atoms with E-state index >= 15 is 0 Å². The number of thiazole rings is 1. The summed E-state index contributed by atoms with van der Waals surface area (Å²) in [6.07, 6.45) is 0. The summed E-state index contributed by atoms with van der Waals surface area (Å²) in [7, 11) is 1.72. The van der Waals surface area contributed by atoms with Gasteiger partial charge < -0.3 is 14.6 Å². The van der Waals surface area contributed by atoms with Crippen molar-refractivity contribution in [3.63, 3.8) is 0 Å². The average Bonchev–Trinajstić information content (AvgIpc) is 3.01. The minimum absolute atomic E-state index is 0.0464. The Morgan fingerprint density at radius 2 is 1.90 bits per heavy atom. The van der Waals surface area contributed by atoms with Crippen molar-refractivity contribution < 1.29 is 9.53 Å². The highest BCUT2D eigenvalue weighted by molar-refractivity contribution is 7.16. The van der Waals surface area contributed by atoms with Gasteiger partial charge in [0.15, 0.2) is 0 Å². The summed E-state index contributed by atoms with van der Waals surface area (Å²) < 4.78 is 8.25. The van der Waals surface area contributed by atoms with Crippen LogP contribution in [0.3, 0.4) is 0 Å². The second kappa shape index (κ2) is 8.11. The molecule has 5 nitrogen and oxygen atoms in total. The highest BCUT2D eigenvalue weighted by atomic mass is 35.5. The third kappa shape index (κ3) is 4.18. The van der Waals surface area contributed by atoms with Gasteiger partial charge in [0.05, 0.1) is 15.8 Å². The number of anilines is 1. The normalized spacial score (nSPS) is 10.8. The maximum absolute atomic E-state index is 12.9. The molecular formula is C22H17ClN2O3S. The average molecular weight is 425 g/mol. The van der Waals surface area contributed by atoms with Gasteiger partial charge in [-0.25, -0.2) is 0 Å². The second-order valence-corrected chi connectivity index (χ2v) is 7.91. The number of nitrogens with zero attached hydrogens (tertiary/aromatic N) is 1. The molecule has 0 spiro atoms. The number of nitrogens with one attached hydrogen (secondary N) is 1. The molecule has 0 unspecified atom stereocenters. The zero-order valence-electron chi connectivity index (χ0n) is 15.5. The lowest BCUT2D eigenvalue weighted by atomic mass is 10.1. The fraction of sp³-hybridized carbons (Fsp3) is 0.0909. The molecule has 4 aromatic rings. The molecule has 0 saturated carbocycles. The predicted octanol–water partition coefficient (Wildman–Crippen LogP) is 5.08. The third-order valence-corrected chi connectivity index (χ3v) is 5.70. The Bertz CT molecular complexity index is 1250. The Hall–Kier alpha value is -3.09. The SMILES string of the molecule is Cn1c(=O)sc2cc(NC(=O)c3cc(Cl)ccc3OCc3ccccc3)ccc21. The number of carbonyl (C=O) groups is 1. The van der Waals surface area contributed by atoms with E-state index in [4.69, 9.17) is 16.3 Å². The van der Waals surface area contributed by atoms with Gasteiger partial charge in [-0.1, -0.05) is 53.3 Å². The first kappa shape index (κ1) is 19.2. The van der Waals surface area contributed by atoms with E-state index in [0.29, 0.717) is 28.6 Å². The Morgan fingerprint density at radius 1 is 1.10 bits per heavy atom. The number of carbonyl (C=O) groups excluding carboxylic acids is 1. The number of ether oxygens (including phenoxy) is 1. The van der Waals surface area contributed by atoms with E-state index in [-0.39, 0.29) is 10.8 Å². The fourth-order valence-electron chi connectivity index (χ4n) is 2.95. The van der Waals surface area contributed by atoms with Gasteiger partial charge in [-0.3, -0.25) is 9.59 Å². The number of rotatable bonds is 5. The molecule has 146 valence electrons. The van der Waals surface area contributed by atoms with Crippen molar-refractivity contribution in [2.45, 2.75) is 6.61 Å².